The Morgan fingerprint density at radius 3 is 2.62 bits per heavy atom. The van der Waals surface area contributed by atoms with Crippen molar-refractivity contribution in [2.75, 3.05) is 17.2 Å². The molecule has 0 saturated heterocycles. The van der Waals surface area contributed by atoms with Gasteiger partial charge in [0.05, 0.1) is 17.8 Å². The first-order valence-electron chi connectivity index (χ1n) is 6.39. The van der Waals surface area contributed by atoms with Gasteiger partial charge in [-0.3, -0.25) is 4.79 Å². The molecule has 0 unspecified atom stereocenters. The summed E-state index contributed by atoms with van der Waals surface area (Å²) >= 11 is 5.78. The summed E-state index contributed by atoms with van der Waals surface area (Å²) in [6.45, 7) is 1.94. The van der Waals surface area contributed by atoms with Gasteiger partial charge >= 0.3 is 0 Å². The van der Waals surface area contributed by atoms with Gasteiger partial charge in [-0.2, -0.15) is 5.26 Å². The van der Waals surface area contributed by atoms with Gasteiger partial charge in [-0.15, -0.1) is 0 Å². The minimum atomic E-state index is -0.192. The van der Waals surface area contributed by atoms with Crippen LogP contribution in [0.25, 0.3) is 0 Å². The minimum absolute atomic E-state index is 0.0841. The van der Waals surface area contributed by atoms with E-state index < -0.39 is 0 Å². The number of benzene rings is 2. The number of halogens is 1. The standard InChI is InChI=1S/C16H14ClN3O/c1-11-3-2-4-15(14(11)9-18)19-10-16(21)20-13-7-5-12(17)6-8-13/h2-8,19H,10H2,1H3,(H,20,21). The quantitative estimate of drug-likeness (QED) is 0.907. The molecule has 2 rings (SSSR count). The maximum Gasteiger partial charge on any atom is 0.243 e. The van der Waals surface area contributed by atoms with Gasteiger partial charge in [-0.1, -0.05) is 23.7 Å². The second-order valence-electron chi connectivity index (χ2n) is 4.52. The predicted molar refractivity (Wildman–Crippen MR) is 84.5 cm³/mol. The number of anilines is 2. The highest BCUT2D eigenvalue weighted by Crippen LogP contribution is 2.18. The average molecular weight is 300 g/mol. The molecule has 0 heterocycles. The predicted octanol–water partition coefficient (Wildman–Crippen LogP) is 3.57. The summed E-state index contributed by atoms with van der Waals surface area (Å²) in [6, 6.07) is 14.5. The average Bonchev–Trinajstić information content (AvgIpc) is 2.47. The third-order valence-corrected chi connectivity index (χ3v) is 3.20. The van der Waals surface area contributed by atoms with E-state index in [-0.39, 0.29) is 12.5 Å². The lowest BCUT2D eigenvalue weighted by molar-refractivity contribution is -0.114. The maximum atomic E-state index is 11.9. The van der Waals surface area contributed by atoms with Crippen molar-refractivity contribution in [1.82, 2.24) is 0 Å². The Hall–Kier alpha value is -2.51. The smallest absolute Gasteiger partial charge is 0.243 e. The van der Waals surface area contributed by atoms with Crippen molar-refractivity contribution in [3.8, 4) is 6.07 Å². The molecule has 0 aromatic heterocycles. The number of carbonyl (C=O) groups excluding carboxylic acids is 1. The molecule has 4 nitrogen and oxygen atoms in total. The third-order valence-electron chi connectivity index (χ3n) is 2.95. The second-order valence-corrected chi connectivity index (χ2v) is 4.95. The lowest BCUT2D eigenvalue weighted by Gasteiger charge is -2.10. The van der Waals surface area contributed by atoms with Gasteiger partial charge in [0.25, 0.3) is 0 Å². The molecule has 0 aliphatic carbocycles. The van der Waals surface area contributed by atoms with Gasteiger partial charge in [-0.25, -0.2) is 0 Å². The zero-order valence-electron chi connectivity index (χ0n) is 11.5. The summed E-state index contributed by atoms with van der Waals surface area (Å²) in [7, 11) is 0. The Labute approximate surface area is 128 Å². The van der Waals surface area contributed by atoms with Gasteiger partial charge in [0, 0.05) is 10.7 Å². The summed E-state index contributed by atoms with van der Waals surface area (Å²) < 4.78 is 0. The van der Waals surface area contributed by atoms with E-state index in [1.807, 2.05) is 19.1 Å². The highest BCUT2D eigenvalue weighted by Gasteiger charge is 2.07. The summed E-state index contributed by atoms with van der Waals surface area (Å²) in [5.74, 6) is -0.192. The van der Waals surface area contributed by atoms with Crippen LogP contribution in [-0.2, 0) is 4.79 Å². The van der Waals surface area contributed by atoms with E-state index in [4.69, 9.17) is 16.9 Å². The molecule has 1 amide bonds. The summed E-state index contributed by atoms with van der Waals surface area (Å²) in [5, 5.41) is 15.5. The molecule has 2 aromatic rings. The Balaban J connectivity index is 1.97. The molecule has 0 fully saturated rings. The van der Waals surface area contributed by atoms with Crippen LogP contribution >= 0.6 is 11.6 Å². The Bertz CT molecular complexity index is 690. The zero-order valence-corrected chi connectivity index (χ0v) is 12.2. The molecule has 106 valence electrons. The van der Waals surface area contributed by atoms with Crippen LogP contribution in [0, 0.1) is 18.3 Å². The van der Waals surface area contributed by atoms with Crippen molar-refractivity contribution < 1.29 is 4.79 Å². The molecular formula is C16H14ClN3O. The Morgan fingerprint density at radius 2 is 1.95 bits per heavy atom. The van der Waals surface area contributed by atoms with Crippen LogP contribution in [0.15, 0.2) is 42.5 Å². The van der Waals surface area contributed by atoms with E-state index in [2.05, 4.69) is 16.7 Å². The number of hydrogen-bond donors (Lipinski definition) is 2. The normalized spacial score (nSPS) is 9.76. The minimum Gasteiger partial charge on any atom is -0.375 e. The number of nitriles is 1. The fourth-order valence-electron chi connectivity index (χ4n) is 1.88. The Kier molecular flexibility index (Phi) is 4.81. The largest absolute Gasteiger partial charge is 0.375 e. The second kappa shape index (κ2) is 6.78. The maximum absolute atomic E-state index is 11.9. The molecule has 2 N–H and O–H groups in total. The van der Waals surface area contributed by atoms with E-state index in [1.165, 1.54) is 0 Å². The van der Waals surface area contributed by atoms with Crippen LogP contribution < -0.4 is 10.6 Å². The molecule has 2 aromatic carbocycles. The van der Waals surface area contributed by atoms with Gasteiger partial charge in [0.2, 0.25) is 5.91 Å². The lowest BCUT2D eigenvalue weighted by Crippen LogP contribution is -2.22. The Morgan fingerprint density at radius 1 is 1.24 bits per heavy atom. The molecule has 0 aliphatic rings. The van der Waals surface area contributed by atoms with E-state index >= 15 is 0 Å². The van der Waals surface area contributed by atoms with Crippen molar-refractivity contribution >= 4 is 28.9 Å². The molecule has 0 bridgehead atoms. The number of nitrogens with zero attached hydrogens (tertiary/aromatic N) is 1. The molecule has 0 atom stereocenters. The number of aryl methyl sites for hydroxylation is 1. The topological polar surface area (TPSA) is 64.9 Å². The summed E-state index contributed by atoms with van der Waals surface area (Å²) in [4.78, 5) is 11.9. The first kappa shape index (κ1) is 14.9. The SMILES string of the molecule is Cc1cccc(NCC(=O)Nc2ccc(Cl)cc2)c1C#N. The van der Waals surface area contributed by atoms with Crippen molar-refractivity contribution in [3.05, 3.63) is 58.6 Å². The lowest BCUT2D eigenvalue weighted by atomic mass is 10.1. The zero-order chi connectivity index (χ0) is 15.2. The van der Waals surface area contributed by atoms with Crippen molar-refractivity contribution in [1.29, 1.82) is 5.26 Å². The van der Waals surface area contributed by atoms with E-state index in [1.54, 1.807) is 30.3 Å². The van der Waals surface area contributed by atoms with Crippen LogP contribution in [0.2, 0.25) is 5.02 Å². The summed E-state index contributed by atoms with van der Waals surface area (Å²) in [5.41, 5.74) is 2.76. The van der Waals surface area contributed by atoms with Gasteiger partial charge in [-0.05, 0) is 42.8 Å². The van der Waals surface area contributed by atoms with Crippen molar-refractivity contribution in [3.63, 3.8) is 0 Å². The van der Waals surface area contributed by atoms with Crippen LogP contribution in [-0.4, -0.2) is 12.5 Å². The fraction of sp³-hybridized carbons (Fsp3) is 0.125. The van der Waals surface area contributed by atoms with Gasteiger partial charge in [0.15, 0.2) is 0 Å². The van der Waals surface area contributed by atoms with E-state index in [9.17, 15) is 4.79 Å². The number of nitrogens with one attached hydrogen (secondary N) is 2. The molecule has 0 saturated carbocycles. The van der Waals surface area contributed by atoms with Gasteiger partial charge in [0.1, 0.15) is 6.07 Å². The van der Waals surface area contributed by atoms with E-state index in [0.29, 0.717) is 22.0 Å². The first-order valence-corrected chi connectivity index (χ1v) is 6.77. The van der Waals surface area contributed by atoms with Crippen LogP contribution in [0.4, 0.5) is 11.4 Å². The molecule has 0 aliphatic heterocycles. The molecule has 0 radical (unpaired) electrons. The van der Waals surface area contributed by atoms with Crippen LogP contribution in [0.1, 0.15) is 11.1 Å². The van der Waals surface area contributed by atoms with Crippen molar-refractivity contribution in [2.24, 2.45) is 0 Å². The van der Waals surface area contributed by atoms with E-state index in [0.717, 1.165) is 5.56 Å². The third kappa shape index (κ3) is 3.98. The molecule has 0 spiro atoms. The summed E-state index contributed by atoms with van der Waals surface area (Å²) in [6.07, 6.45) is 0. The fourth-order valence-corrected chi connectivity index (χ4v) is 2.00. The van der Waals surface area contributed by atoms with Gasteiger partial charge < -0.3 is 10.6 Å². The first-order chi connectivity index (χ1) is 10.1. The number of carbonyl (C=O) groups is 1. The van der Waals surface area contributed by atoms with Crippen molar-refractivity contribution in [2.45, 2.75) is 6.92 Å². The monoisotopic (exact) mass is 299 g/mol. The highest BCUT2D eigenvalue weighted by atomic mass is 35.5. The van der Waals surface area contributed by atoms with Crippen LogP contribution in [0.5, 0.6) is 0 Å². The molecule has 21 heavy (non-hydrogen) atoms. The number of hydrogen-bond acceptors (Lipinski definition) is 3. The highest BCUT2D eigenvalue weighted by molar-refractivity contribution is 6.30. The number of rotatable bonds is 4. The molecular weight excluding hydrogens is 286 g/mol. The van der Waals surface area contributed by atoms with Crippen LogP contribution in [0.3, 0.4) is 0 Å². The number of amides is 1. The molecule has 5 heteroatoms.